The van der Waals surface area contributed by atoms with Gasteiger partial charge in [-0.1, -0.05) is 36.4 Å². The summed E-state index contributed by atoms with van der Waals surface area (Å²) < 4.78 is 2.20. The molecule has 0 aliphatic heterocycles. The number of benzene rings is 2. The molecule has 2 aromatic carbocycles. The largest absolute Gasteiger partial charge is 0.293 e. The molecule has 23 heavy (non-hydrogen) atoms. The molecule has 0 saturated heterocycles. The van der Waals surface area contributed by atoms with E-state index in [1.807, 2.05) is 31.2 Å². The van der Waals surface area contributed by atoms with Gasteiger partial charge in [-0.05, 0) is 45.3 Å². The highest BCUT2D eigenvalue weighted by Gasteiger charge is 2.13. The summed E-state index contributed by atoms with van der Waals surface area (Å²) in [4.78, 5) is 12.1. The number of amides is 1. The van der Waals surface area contributed by atoms with Gasteiger partial charge >= 0.3 is 0 Å². The summed E-state index contributed by atoms with van der Waals surface area (Å²) in [6.07, 6.45) is 1.72. The molecule has 6 heteroatoms. The molecule has 3 aromatic rings. The van der Waals surface area contributed by atoms with E-state index in [9.17, 15) is 4.79 Å². The molecule has 0 aliphatic rings. The Morgan fingerprint density at radius 3 is 2.65 bits per heavy atom. The van der Waals surface area contributed by atoms with Crippen LogP contribution in [0.15, 0.2) is 58.2 Å². The van der Waals surface area contributed by atoms with Gasteiger partial charge in [-0.2, -0.15) is 10.2 Å². The van der Waals surface area contributed by atoms with Crippen molar-refractivity contribution in [3.8, 4) is 0 Å². The quantitative estimate of drug-likeness (QED) is 0.566. The van der Waals surface area contributed by atoms with Gasteiger partial charge in [0.1, 0.15) is 0 Å². The highest BCUT2D eigenvalue weighted by atomic mass is 79.9. The van der Waals surface area contributed by atoms with E-state index in [-0.39, 0.29) is 5.91 Å². The summed E-state index contributed by atoms with van der Waals surface area (Å²) >= 11 is 3.30. The Hall–Kier alpha value is -2.47. The summed E-state index contributed by atoms with van der Waals surface area (Å²) in [5.74, 6) is -0.349. The van der Waals surface area contributed by atoms with Crippen LogP contribution in [-0.2, 0) is 7.05 Å². The molecule has 0 aliphatic carbocycles. The van der Waals surface area contributed by atoms with E-state index in [0.717, 1.165) is 16.7 Å². The lowest BCUT2D eigenvalue weighted by Gasteiger charge is -2.04. The number of aryl methyl sites for hydroxylation is 1. The zero-order valence-electron chi connectivity index (χ0n) is 12.7. The highest BCUT2D eigenvalue weighted by Crippen LogP contribution is 2.16. The fourth-order valence-corrected chi connectivity index (χ4v) is 2.84. The number of nitrogens with one attached hydrogen (secondary N) is 1. The number of carbonyl (C=O) groups is 1. The molecule has 0 spiro atoms. The molecule has 0 fully saturated rings. The minimum absolute atomic E-state index is 0.308. The normalized spacial score (nSPS) is 11.7. The second-order valence-corrected chi connectivity index (χ2v) is 6.05. The van der Waals surface area contributed by atoms with Crippen LogP contribution in [0.2, 0.25) is 0 Å². The molecular formula is C17H15BrN4O. The van der Waals surface area contributed by atoms with Crippen LogP contribution in [0.5, 0.6) is 0 Å². The Labute approximate surface area is 142 Å². The number of carbonyl (C=O) groups excluding carboxylic acids is 1. The molecule has 0 unspecified atom stereocenters. The van der Waals surface area contributed by atoms with Crippen molar-refractivity contribution < 1.29 is 4.79 Å². The van der Waals surface area contributed by atoms with Gasteiger partial charge < -0.3 is 0 Å². The van der Waals surface area contributed by atoms with E-state index in [2.05, 4.69) is 49.8 Å². The maximum absolute atomic E-state index is 12.1. The van der Waals surface area contributed by atoms with Crippen molar-refractivity contribution in [3.05, 3.63) is 64.4 Å². The third-order valence-electron chi connectivity index (χ3n) is 3.49. The fourth-order valence-electron chi connectivity index (χ4n) is 2.28. The minimum Gasteiger partial charge on any atom is -0.274 e. The molecule has 0 saturated carbocycles. The average molecular weight is 371 g/mol. The zero-order chi connectivity index (χ0) is 16.4. The number of hydrazone groups is 1. The van der Waals surface area contributed by atoms with Crippen molar-refractivity contribution in [1.82, 2.24) is 15.2 Å². The van der Waals surface area contributed by atoms with Gasteiger partial charge in [0.05, 0.1) is 10.2 Å². The fraction of sp³-hybridized carbons (Fsp3) is 0.118. The lowest BCUT2D eigenvalue weighted by atomic mass is 10.0. The van der Waals surface area contributed by atoms with Crippen LogP contribution in [0.1, 0.15) is 23.0 Å². The summed E-state index contributed by atoms with van der Waals surface area (Å²) in [7, 11) is 1.76. The van der Waals surface area contributed by atoms with E-state index in [4.69, 9.17) is 0 Å². The second-order valence-electron chi connectivity index (χ2n) is 5.20. The summed E-state index contributed by atoms with van der Waals surface area (Å²) in [5.41, 5.74) is 4.55. The van der Waals surface area contributed by atoms with E-state index in [1.54, 1.807) is 17.9 Å². The molecular weight excluding hydrogens is 356 g/mol. The van der Waals surface area contributed by atoms with Crippen molar-refractivity contribution >= 4 is 38.3 Å². The first-order valence-corrected chi connectivity index (χ1v) is 7.87. The number of rotatable bonds is 3. The maximum Gasteiger partial charge on any atom is 0.293 e. The van der Waals surface area contributed by atoms with Crippen LogP contribution in [0.4, 0.5) is 0 Å². The van der Waals surface area contributed by atoms with Crippen LogP contribution in [-0.4, -0.2) is 21.4 Å². The third kappa shape index (κ3) is 3.32. The summed E-state index contributed by atoms with van der Waals surface area (Å²) in [5, 5.41) is 10.6. The molecule has 0 bridgehead atoms. The van der Waals surface area contributed by atoms with Crippen molar-refractivity contribution in [3.63, 3.8) is 0 Å². The Balaban J connectivity index is 1.81. The molecule has 1 N–H and O–H groups in total. The molecule has 3 rings (SSSR count). The molecule has 0 atom stereocenters. The van der Waals surface area contributed by atoms with E-state index < -0.39 is 0 Å². The number of nitrogens with zero attached hydrogens (tertiary/aromatic N) is 3. The predicted octanol–water partition coefficient (Wildman–Crippen LogP) is 3.49. The van der Waals surface area contributed by atoms with Gasteiger partial charge in [0, 0.05) is 13.2 Å². The number of hydrogen-bond acceptors (Lipinski definition) is 3. The first kappa shape index (κ1) is 15.4. The Morgan fingerprint density at radius 1 is 1.22 bits per heavy atom. The predicted molar refractivity (Wildman–Crippen MR) is 94.5 cm³/mol. The van der Waals surface area contributed by atoms with Crippen molar-refractivity contribution in [2.75, 3.05) is 0 Å². The molecule has 1 heterocycles. The Kier molecular flexibility index (Phi) is 4.25. The summed E-state index contributed by atoms with van der Waals surface area (Å²) in [6, 6.07) is 14.2. The number of halogens is 1. The summed E-state index contributed by atoms with van der Waals surface area (Å²) in [6.45, 7) is 1.86. The Bertz CT molecular complexity index is 914. The van der Waals surface area contributed by atoms with Crippen molar-refractivity contribution in [2.45, 2.75) is 6.92 Å². The smallest absolute Gasteiger partial charge is 0.274 e. The first-order chi connectivity index (χ1) is 11.0. The Morgan fingerprint density at radius 2 is 1.96 bits per heavy atom. The maximum atomic E-state index is 12.1. The standard InChI is InChI=1S/C17H15BrN4O/c1-11(13-8-7-12-5-3-4-6-14(12)9-13)19-20-17(23)16-15(18)10-22(2)21-16/h3-10H,1-2H3,(H,20,23)/b19-11-. The van der Waals surface area contributed by atoms with Gasteiger partial charge in [-0.3, -0.25) is 9.48 Å². The van der Waals surface area contributed by atoms with E-state index in [0.29, 0.717) is 10.2 Å². The highest BCUT2D eigenvalue weighted by molar-refractivity contribution is 9.10. The molecule has 1 amide bonds. The third-order valence-corrected chi connectivity index (χ3v) is 4.07. The molecule has 5 nitrogen and oxygen atoms in total. The first-order valence-electron chi connectivity index (χ1n) is 7.07. The van der Waals surface area contributed by atoms with Crippen molar-refractivity contribution in [1.29, 1.82) is 0 Å². The van der Waals surface area contributed by atoms with Crippen LogP contribution in [0.25, 0.3) is 10.8 Å². The second kappa shape index (κ2) is 6.34. The lowest BCUT2D eigenvalue weighted by molar-refractivity contribution is 0.0948. The number of aromatic nitrogens is 2. The van der Waals surface area contributed by atoms with Crippen LogP contribution < -0.4 is 5.43 Å². The average Bonchev–Trinajstić information content (AvgIpc) is 2.90. The van der Waals surface area contributed by atoms with E-state index in [1.165, 1.54) is 5.39 Å². The van der Waals surface area contributed by atoms with Crippen molar-refractivity contribution in [2.24, 2.45) is 12.1 Å². The van der Waals surface area contributed by atoms with Gasteiger partial charge in [-0.15, -0.1) is 0 Å². The monoisotopic (exact) mass is 370 g/mol. The van der Waals surface area contributed by atoms with Gasteiger partial charge in [0.2, 0.25) is 0 Å². The molecule has 1 aromatic heterocycles. The van der Waals surface area contributed by atoms with Crippen LogP contribution in [0, 0.1) is 0 Å². The topological polar surface area (TPSA) is 59.3 Å². The van der Waals surface area contributed by atoms with Gasteiger partial charge in [-0.25, -0.2) is 5.43 Å². The molecule has 0 radical (unpaired) electrons. The lowest BCUT2D eigenvalue weighted by Crippen LogP contribution is -2.20. The van der Waals surface area contributed by atoms with Crippen LogP contribution >= 0.6 is 15.9 Å². The van der Waals surface area contributed by atoms with E-state index >= 15 is 0 Å². The SMILES string of the molecule is C/C(=N/NC(=O)c1nn(C)cc1Br)c1ccc2ccccc2c1. The minimum atomic E-state index is -0.349. The van der Waals surface area contributed by atoms with Gasteiger partial charge in [0.15, 0.2) is 5.69 Å². The van der Waals surface area contributed by atoms with Crippen LogP contribution in [0.3, 0.4) is 0 Å². The zero-order valence-corrected chi connectivity index (χ0v) is 14.3. The van der Waals surface area contributed by atoms with Gasteiger partial charge in [0.25, 0.3) is 5.91 Å². The molecule has 116 valence electrons. The number of hydrogen-bond donors (Lipinski definition) is 1. The number of fused-ring (bicyclic) bond motifs is 1.